The average molecular weight is 811 g/mol. The molecule has 328 valence electrons. The van der Waals surface area contributed by atoms with E-state index in [1.54, 1.807) is 0 Å². The van der Waals surface area contributed by atoms with Crippen LogP contribution in [-0.4, -0.2) is 79.1 Å². The molecular formula is C48H78N2O8. The molecule has 58 heavy (non-hydrogen) atoms. The number of carboxylic acid groups (broad SMARTS) is 2. The van der Waals surface area contributed by atoms with Crippen LogP contribution in [0.1, 0.15) is 157 Å². The summed E-state index contributed by atoms with van der Waals surface area (Å²) in [7, 11) is 0. The quantitative estimate of drug-likeness (QED) is 0.119. The second-order valence-electron chi connectivity index (χ2n) is 23.1. The maximum atomic E-state index is 12.3. The van der Waals surface area contributed by atoms with Gasteiger partial charge >= 0.3 is 11.9 Å². The zero-order valence-electron chi connectivity index (χ0n) is 36.5. The lowest BCUT2D eigenvalue weighted by molar-refractivity contribution is -0.184. The van der Waals surface area contributed by atoms with Crippen LogP contribution in [0.4, 0.5) is 0 Å². The summed E-state index contributed by atoms with van der Waals surface area (Å²) >= 11 is 0. The Morgan fingerprint density at radius 3 is 1.29 bits per heavy atom. The van der Waals surface area contributed by atoms with E-state index in [2.05, 4.69) is 41.5 Å². The van der Waals surface area contributed by atoms with Gasteiger partial charge in [0.05, 0.1) is 36.5 Å². The van der Waals surface area contributed by atoms with Crippen molar-refractivity contribution in [2.75, 3.05) is 0 Å². The Morgan fingerprint density at radius 1 is 0.552 bits per heavy atom. The highest BCUT2D eigenvalue weighted by molar-refractivity contribution is 5.66. The first-order chi connectivity index (χ1) is 27.3. The third kappa shape index (κ3) is 6.76. The van der Waals surface area contributed by atoms with Crippen molar-refractivity contribution in [3.8, 4) is 0 Å². The molecule has 10 heteroatoms. The molecular weight excluding hydrogens is 733 g/mol. The van der Waals surface area contributed by atoms with E-state index in [0.29, 0.717) is 24.7 Å². The van der Waals surface area contributed by atoms with Gasteiger partial charge in [-0.05, 0) is 195 Å². The molecule has 8 aliphatic carbocycles. The van der Waals surface area contributed by atoms with Gasteiger partial charge < -0.3 is 30.6 Å². The van der Waals surface area contributed by atoms with E-state index in [0.717, 1.165) is 89.9 Å². The Hall–Kier alpha value is -1.62. The summed E-state index contributed by atoms with van der Waals surface area (Å²) in [6.07, 6.45) is 12.3. The molecule has 6 N–H and O–H groups in total. The fraction of sp³-hybridized carbons (Fsp3) is 0.958. The minimum atomic E-state index is -0.761. The van der Waals surface area contributed by atoms with Crippen molar-refractivity contribution in [1.82, 2.24) is 0 Å². The van der Waals surface area contributed by atoms with E-state index in [-0.39, 0.29) is 118 Å². The van der Waals surface area contributed by atoms with Gasteiger partial charge in [0.2, 0.25) is 0 Å². The summed E-state index contributed by atoms with van der Waals surface area (Å²) in [5.74, 6) is 1.57. The standard InChI is InChI=1S/C48H78N2O8/c1-25(7-13-41(55)56)31-9-11-33-43-35(23-39(53)47(31,33)5)45(3)17-15-29(51)19-27(45)21-37(43)49-50-38-22-28-20-30(52)16-18-46(28,4)36-24-40(54)48(6)32(10-12-34(48)44(36)38)26(2)8-14-42(57)58/h25-40,43-44,51-54H,7-24H2,1-6H3,(H,55,56)(H,57,58)/t25-,26-,27-,28-,29-,30-,31-,32-,33+,34+,35+,36+,37-,38-,39+,40+,43+,44+,45+,46+,47-,48-/m1/s1. The number of azo groups is 1. The first kappa shape index (κ1) is 43.0. The summed E-state index contributed by atoms with van der Waals surface area (Å²) in [6.45, 7) is 13.9. The summed E-state index contributed by atoms with van der Waals surface area (Å²) < 4.78 is 0. The van der Waals surface area contributed by atoms with Crippen LogP contribution in [0.15, 0.2) is 10.2 Å². The van der Waals surface area contributed by atoms with Gasteiger partial charge in [-0.25, -0.2) is 0 Å². The number of rotatable bonds is 10. The number of aliphatic hydroxyl groups excluding tert-OH is 4. The van der Waals surface area contributed by atoms with Crippen molar-refractivity contribution in [2.45, 2.75) is 194 Å². The van der Waals surface area contributed by atoms with E-state index in [4.69, 9.17) is 10.2 Å². The van der Waals surface area contributed by atoms with Crippen molar-refractivity contribution in [1.29, 1.82) is 0 Å². The Kier molecular flexibility index (Phi) is 11.6. The zero-order valence-corrected chi connectivity index (χ0v) is 36.5. The van der Waals surface area contributed by atoms with Gasteiger partial charge in [-0.2, -0.15) is 10.2 Å². The Bertz CT molecular complexity index is 1460. The van der Waals surface area contributed by atoms with Crippen molar-refractivity contribution >= 4 is 11.9 Å². The van der Waals surface area contributed by atoms with Crippen LogP contribution in [0.2, 0.25) is 0 Å². The molecule has 8 rings (SSSR count). The van der Waals surface area contributed by atoms with Gasteiger partial charge in [0.15, 0.2) is 0 Å². The summed E-state index contributed by atoms with van der Waals surface area (Å²) in [4.78, 5) is 23.3. The van der Waals surface area contributed by atoms with Crippen LogP contribution in [0.25, 0.3) is 0 Å². The molecule has 8 saturated carbocycles. The van der Waals surface area contributed by atoms with Crippen molar-refractivity contribution in [3.05, 3.63) is 0 Å². The second kappa shape index (κ2) is 15.6. The maximum Gasteiger partial charge on any atom is 0.303 e. The third-order valence-corrected chi connectivity index (χ3v) is 21.0. The van der Waals surface area contributed by atoms with E-state index < -0.39 is 24.1 Å². The maximum absolute atomic E-state index is 12.3. The lowest BCUT2D eigenvalue weighted by atomic mass is 9.42. The van der Waals surface area contributed by atoms with Crippen molar-refractivity contribution in [2.24, 2.45) is 103 Å². The van der Waals surface area contributed by atoms with Gasteiger partial charge in [0.1, 0.15) is 0 Å². The lowest BCUT2D eigenvalue weighted by Crippen LogP contribution is -2.62. The second-order valence-corrected chi connectivity index (χ2v) is 23.1. The Balaban J connectivity index is 1.15. The van der Waals surface area contributed by atoms with Gasteiger partial charge in [-0.3, -0.25) is 9.59 Å². The molecule has 0 radical (unpaired) electrons. The zero-order chi connectivity index (χ0) is 41.7. The number of hydrogen-bond donors (Lipinski definition) is 6. The number of aliphatic hydroxyl groups is 4. The topological polar surface area (TPSA) is 180 Å². The first-order valence-corrected chi connectivity index (χ1v) is 23.9. The number of aliphatic carboxylic acids is 2. The molecule has 0 aliphatic heterocycles. The average Bonchev–Trinajstić information content (AvgIpc) is 3.72. The van der Waals surface area contributed by atoms with Crippen LogP contribution in [0.5, 0.6) is 0 Å². The van der Waals surface area contributed by atoms with Gasteiger partial charge in [-0.15, -0.1) is 0 Å². The molecule has 0 aromatic heterocycles. The van der Waals surface area contributed by atoms with Crippen molar-refractivity contribution < 1.29 is 40.2 Å². The predicted molar refractivity (Wildman–Crippen MR) is 220 cm³/mol. The van der Waals surface area contributed by atoms with Crippen LogP contribution < -0.4 is 0 Å². The van der Waals surface area contributed by atoms with Crippen LogP contribution in [0, 0.1) is 92.7 Å². The highest BCUT2D eigenvalue weighted by atomic mass is 16.4. The molecule has 8 aliphatic rings. The van der Waals surface area contributed by atoms with Crippen molar-refractivity contribution in [3.63, 3.8) is 0 Å². The third-order valence-electron chi connectivity index (χ3n) is 21.0. The number of fused-ring (bicyclic) bond motifs is 10. The van der Waals surface area contributed by atoms with E-state index >= 15 is 0 Å². The number of nitrogens with zero attached hydrogens (tertiary/aromatic N) is 2. The molecule has 0 bridgehead atoms. The minimum Gasteiger partial charge on any atom is -0.481 e. The lowest BCUT2D eigenvalue weighted by Gasteiger charge is -2.64. The molecule has 0 amide bonds. The molecule has 22 atom stereocenters. The fourth-order valence-corrected chi connectivity index (χ4v) is 17.8. The van der Waals surface area contributed by atoms with Crippen LogP contribution in [-0.2, 0) is 9.59 Å². The summed E-state index contributed by atoms with van der Waals surface area (Å²) in [5, 5.41) is 77.0. The first-order valence-electron chi connectivity index (χ1n) is 23.9. The molecule has 0 aromatic rings. The van der Waals surface area contributed by atoms with E-state index in [1.165, 1.54) is 0 Å². The molecule has 0 unspecified atom stereocenters. The highest BCUT2D eigenvalue weighted by Gasteiger charge is 2.68. The smallest absolute Gasteiger partial charge is 0.303 e. The number of hydrogen-bond acceptors (Lipinski definition) is 8. The number of carbonyl (C=O) groups is 2. The molecule has 10 nitrogen and oxygen atoms in total. The Morgan fingerprint density at radius 2 is 0.931 bits per heavy atom. The molecule has 0 heterocycles. The van der Waals surface area contributed by atoms with Gasteiger partial charge in [0.25, 0.3) is 0 Å². The van der Waals surface area contributed by atoms with Crippen LogP contribution >= 0.6 is 0 Å². The minimum absolute atomic E-state index is 0.0126. The normalized spacial score (nSPS) is 53.3. The summed E-state index contributed by atoms with van der Waals surface area (Å²) in [5.41, 5.74) is -0.618. The molecule has 0 saturated heterocycles. The SMILES string of the molecule is C[C@H](CCC(=O)O)[C@H]1CC[C@H]2[C@@H]3[C@H](N=N[C@@H]4C[C@H]5C[C@H](O)CC[C@]5(C)[C@H]5C[C@H](O)[C@]6(C)[C@@H]([C@H](C)CCC(=O)O)CC[C@H]6[C@H]45)C[C@H]4C[C@H](O)CC[C@]4(C)[C@H]3C[C@H](O)[C@]12C. The van der Waals surface area contributed by atoms with E-state index in [9.17, 15) is 40.2 Å². The molecule has 0 aromatic carbocycles. The predicted octanol–water partition coefficient (Wildman–Crippen LogP) is 8.38. The highest BCUT2D eigenvalue weighted by Crippen LogP contribution is 2.71. The molecule has 8 fully saturated rings. The fourth-order valence-electron chi connectivity index (χ4n) is 17.8. The Labute approximate surface area is 347 Å². The summed E-state index contributed by atoms with van der Waals surface area (Å²) in [6, 6.07) is -0.0372. The van der Waals surface area contributed by atoms with Crippen LogP contribution in [0.3, 0.4) is 0 Å². The van der Waals surface area contributed by atoms with E-state index in [1.807, 2.05) is 0 Å². The molecule has 0 spiro atoms. The van der Waals surface area contributed by atoms with Gasteiger partial charge in [0, 0.05) is 12.8 Å². The van der Waals surface area contributed by atoms with Gasteiger partial charge in [-0.1, -0.05) is 41.5 Å². The largest absolute Gasteiger partial charge is 0.481 e. The number of carboxylic acids is 2. The monoisotopic (exact) mass is 811 g/mol.